The monoisotopic (exact) mass is 458 g/mol. The molecule has 34 heavy (non-hydrogen) atoms. The number of phenols is 1. The van der Waals surface area contributed by atoms with E-state index in [1.165, 1.54) is 0 Å². The zero-order valence-electron chi connectivity index (χ0n) is 17.6. The second-order valence-electron chi connectivity index (χ2n) is 7.81. The van der Waals surface area contributed by atoms with Crippen molar-refractivity contribution in [1.82, 2.24) is 0 Å². The maximum atomic E-state index is 12.9. The van der Waals surface area contributed by atoms with Gasteiger partial charge in [-0.25, -0.2) is 4.79 Å². The fourth-order valence-electron chi connectivity index (χ4n) is 4.07. The van der Waals surface area contributed by atoms with Crippen LogP contribution in [0.5, 0.6) is 11.5 Å². The van der Waals surface area contributed by atoms with E-state index in [4.69, 9.17) is 4.74 Å². The molecule has 0 amide bonds. The van der Waals surface area contributed by atoms with Gasteiger partial charge in [0.25, 0.3) is 0 Å². The number of alkyl halides is 3. The van der Waals surface area contributed by atoms with Crippen LogP contribution in [0.25, 0.3) is 32.7 Å². The molecule has 0 heterocycles. The number of phenolic OH excluding ortho intramolecular Hbond substituents is 1. The van der Waals surface area contributed by atoms with E-state index in [1.54, 1.807) is 24.3 Å². The second kappa shape index (κ2) is 8.23. The predicted molar refractivity (Wildman–Crippen MR) is 125 cm³/mol. The lowest BCUT2D eigenvalue weighted by Gasteiger charge is -2.17. The Morgan fingerprint density at radius 2 is 1.24 bits per heavy atom. The minimum atomic E-state index is -4.50. The van der Waals surface area contributed by atoms with Crippen LogP contribution in [-0.2, 0) is 6.18 Å². The van der Waals surface area contributed by atoms with E-state index in [2.05, 4.69) is 0 Å². The molecule has 0 saturated carbocycles. The van der Waals surface area contributed by atoms with Crippen LogP contribution in [0.1, 0.15) is 15.9 Å². The van der Waals surface area contributed by atoms with Crippen molar-refractivity contribution in [3.8, 4) is 22.6 Å². The fourth-order valence-corrected chi connectivity index (χ4v) is 4.07. The molecule has 6 heteroatoms. The van der Waals surface area contributed by atoms with E-state index < -0.39 is 17.7 Å². The van der Waals surface area contributed by atoms with Crippen molar-refractivity contribution in [2.75, 3.05) is 0 Å². The number of rotatable bonds is 3. The second-order valence-corrected chi connectivity index (χ2v) is 7.81. The lowest BCUT2D eigenvalue weighted by molar-refractivity contribution is -0.137. The van der Waals surface area contributed by atoms with E-state index in [9.17, 15) is 23.1 Å². The highest BCUT2D eigenvalue weighted by atomic mass is 19.4. The zero-order valence-corrected chi connectivity index (χ0v) is 17.6. The number of fused-ring (bicyclic) bond motifs is 2. The van der Waals surface area contributed by atoms with Crippen molar-refractivity contribution in [2.24, 2.45) is 0 Å². The Balaban J connectivity index is 1.66. The van der Waals surface area contributed by atoms with Gasteiger partial charge in [0.05, 0.1) is 11.1 Å². The summed E-state index contributed by atoms with van der Waals surface area (Å²) in [5, 5.41) is 14.1. The molecule has 0 bridgehead atoms. The molecule has 0 aliphatic rings. The van der Waals surface area contributed by atoms with Crippen LogP contribution >= 0.6 is 0 Å². The average Bonchev–Trinajstić information content (AvgIpc) is 2.84. The van der Waals surface area contributed by atoms with Crippen molar-refractivity contribution < 1.29 is 27.8 Å². The molecule has 0 radical (unpaired) electrons. The molecule has 0 aliphatic heterocycles. The van der Waals surface area contributed by atoms with E-state index in [1.807, 2.05) is 48.5 Å². The number of hydrogen-bond acceptors (Lipinski definition) is 3. The summed E-state index contributed by atoms with van der Waals surface area (Å²) in [7, 11) is 0. The lowest BCUT2D eigenvalue weighted by atomic mass is 9.92. The highest BCUT2D eigenvalue weighted by Crippen LogP contribution is 2.45. The summed E-state index contributed by atoms with van der Waals surface area (Å²) < 4.78 is 44.3. The van der Waals surface area contributed by atoms with Gasteiger partial charge in [-0.3, -0.25) is 0 Å². The SMILES string of the molecule is O=C(Oc1ccc2ccccc2c1-c1c(O)ccc2ccccc12)c1ccc(C(F)(F)F)cc1. The summed E-state index contributed by atoms with van der Waals surface area (Å²) in [6.07, 6.45) is -4.50. The van der Waals surface area contributed by atoms with Gasteiger partial charge in [0.15, 0.2) is 0 Å². The highest BCUT2D eigenvalue weighted by Gasteiger charge is 2.30. The van der Waals surface area contributed by atoms with E-state index in [0.717, 1.165) is 45.8 Å². The first-order valence-corrected chi connectivity index (χ1v) is 10.5. The Morgan fingerprint density at radius 1 is 0.676 bits per heavy atom. The Hall–Kier alpha value is -4.32. The van der Waals surface area contributed by atoms with Gasteiger partial charge in [-0.15, -0.1) is 0 Å². The first kappa shape index (κ1) is 21.5. The molecule has 0 aliphatic carbocycles. The Bertz CT molecular complexity index is 1540. The summed E-state index contributed by atoms with van der Waals surface area (Å²) in [6.45, 7) is 0. The highest BCUT2D eigenvalue weighted by molar-refractivity contribution is 6.10. The van der Waals surface area contributed by atoms with Crippen LogP contribution in [0.15, 0.2) is 97.1 Å². The normalized spacial score (nSPS) is 11.6. The molecule has 0 spiro atoms. The van der Waals surface area contributed by atoms with Crippen molar-refractivity contribution in [3.05, 3.63) is 108 Å². The molecular formula is C28H17F3O3. The van der Waals surface area contributed by atoms with Crippen LogP contribution in [0.2, 0.25) is 0 Å². The number of hydrogen-bond donors (Lipinski definition) is 1. The topological polar surface area (TPSA) is 46.5 Å². The van der Waals surface area contributed by atoms with Crippen molar-refractivity contribution in [2.45, 2.75) is 6.18 Å². The molecule has 168 valence electrons. The average molecular weight is 458 g/mol. The molecule has 5 aromatic rings. The largest absolute Gasteiger partial charge is 0.507 e. The lowest BCUT2D eigenvalue weighted by Crippen LogP contribution is -2.11. The number of carbonyl (C=O) groups excluding carboxylic acids is 1. The quantitative estimate of drug-likeness (QED) is 0.224. The van der Waals surface area contributed by atoms with Gasteiger partial charge in [-0.2, -0.15) is 13.2 Å². The minimum Gasteiger partial charge on any atom is -0.507 e. The molecule has 0 aromatic heterocycles. The standard InChI is InChI=1S/C28H17F3O3/c29-28(30,31)20-13-9-19(10-14-20)27(33)34-24-16-12-18-6-2-4-8-22(18)26(24)25-21-7-3-1-5-17(21)11-15-23(25)32/h1-16,32H. The summed E-state index contributed by atoms with van der Waals surface area (Å²) in [5.74, 6) is -0.595. The van der Waals surface area contributed by atoms with Gasteiger partial charge in [0, 0.05) is 11.1 Å². The van der Waals surface area contributed by atoms with Crippen LogP contribution in [0.3, 0.4) is 0 Å². The van der Waals surface area contributed by atoms with E-state index in [0.29, 0.717) is 11.1 Å². The molecule has 3 nitrogen and oxygen atoms in total. The maximum absolute atomic E-state index is 12.9. The molecular weight excluding hydrogens is 441 g/mol. The predicted octanol–water partition coefficient (Wildman–Crippen LogP) is 7.60. The van der Waals surface area contributed by atoms with Crippen LogP contribution in [0, 0.1) is 0 Å². The zero-order chi connectivity index (χ0) is 23.9. The van der Waals surface area contributed by atoms with Gasteiger partial charge in [0.1, 0.15) is 11.5 Å². The first-order chi connectivity index (χ1) is 16.3. The van der Waals surface area contributed by atoms with Crippen molar-refractivity contribution in [3.63, 3.8) is 0 Å². The van der Waals surface area contributed by atoms with Gasteiger partial charge in [-0.1, -0.05) is 60.7 Å². The van der Waals surface area contributed by atoms with Crippen molar-refractivity contribution >= 4 is 27.5 Å². The number of ether oxygens (including phenoxy) is 1. The number of aromatic hydroxyl groups is 1. The Labute approximate surface area is 192 Å². The summed E-state index contributed by atoms with van der Waals surface area (Å²) in [5.41, 5.74) is 0.156. The summed E-state index contributed by atoms with van der Waals surface area (Å²) >= 11 is 0. The molecule has 1 N–H and O–H groups in total. The third-order valence-corrected chi connectivity index (χ3v) is 5.70. The first-order valence-electron chi connectivity index (χ1n) is 10.5. The molecule has 5 aromatic carbocycles. The van der Waals surface area contributed by atoms with E-state index >= 15 is 0 Å². The van der Waals surface area contributed by atoms with Crippen LogP contribution in [0.4, 0.5) is 13.2 Å². The molecule has 0 saturated heterocycles. The number of carbonyl (C=O) groups is 1. The van der Waals surface area contributed by atoms with Gasteiger partial charge < -0.3 is 9.84 Å². The number of benzene rings is 5. The Morgan fingerprint density at radius 3 is 1.85 bits per heavy atom. The third-order valence-electron chi connectivity index (χ3n) is 5.70. The Kier molecular flexibility index (Phi) is 5.21. The van der Waals surface area contributed by atoms with Gasteiger partial charge in [0.2, 0.25) is 0 Å². The molecule has 0 unspecified atom stereocenters. The molecule has 0 fully saturated rings. The number of halogens is 3. The summed E-state index contributed by atoms with van der Waals surface area (Å²) in [6, 6.07) is 25.7. The van der Waals surface area contributed by atoms with Crippen LogP contribution < -0.4 is 4.74 Å². The van der Waals surface area contributed by atoms with E-state index in [-0.39, 0.29) is 17.1 Å². The summed E-state index contributed by atoms with van der Waals surface area (Å²) in [4.78, 5) is 12.9. The third kappa shape index (κ3) is 3.83. The molecule has 0 atom stereocenters. The maximum Gasteiger partial charge on any atom is 0.416 e. The van der Waals surface area contributed by atoms with Crippen LogP contribution in [-0.4, -0.2) is 11.1 Å². The number of esters is 1. The smallest absolute Gasteiger partial charge is 0.416 e. The van der Waals surface area contributed by atoms with Gasteiger partial charge in [-0.05, 0) is 57.9 Å². The van der Waals surface area contributed by atoms with Crippen molar-refractivity contribution in [1.29, 1.82) is 0 Å². The molecule has 5 rings (SSSR count). The fraction of sp³-hybridized carbons (Fsp3) is 0.0357. The van der Waals surface area contributed by atoms with Gasteiger partial charge >= 0.3 is 12.1 Å². The minimum absolute atomic E-state index is 0.0156.